The van der Waals surface area contributed by atoms with Gasteiger partial charge in [0.25, 0.3) is 0 Å². The highest BCUT2D eigenvalue weighted by molar-refractivity contribution is 8.13. The number of carbonyl (C=O) groups excluding carboxylic acids is 3. The summed E-state index contributed by atoms with van der Waals surface area (Å²) >= 11 is 0.803. The number of aliphatic hydroxyl groups is 3. The maximum Gasteiger partial charge on any atom is 0.481 e. The van der Waals surface area contributed by atoms with Gasteiger partial charge in [0.15, 0.2) is 17.7 Å². The van der Waals surface area contributed by atoms with Gasteiger partial charge in [-0.05, 0) is 6.42 Å². The van der Waals surface area contributed by atoms with E-state index < -0.39 is 108 Å². The number of carboxylic acids is 1. The average molecular weight is 927 g/mol. The maximum absolute atomic E-state index is 12.7. The van der Waals surface area contributed by atoms with Crippen molar-refractivity contribution in [2.45, 2.75) is 69.8 Å². The second-order valence-corrected chi connectivity index (χ2v) is 18.4. The number of ether oxygens (including phenoxy) is 1. The van der Waals surface area contributed by atoms with Gasteiger partial charge in [-0.1, -0.05) is 25.6 Å². The third-order valence-corrected chi connectivity index (χ3v) is 12.1. The number of imidazole rings is 1. The van der Waals surface area contributed by atoms with E-state index in [1.165, 1.54) is 13.8 Å². The number of thioether (sulfide) groups is 1. The number of nitrogens with two attached hydrogens (primary N) is 1. The summed E-state index contributed by atoms with van der Waals surface area (Å²) in [6.45, 7) is -0.459. The average Bonchev–Trinajstić information content (AvgIpc) is 3.69. The van der Waals surface area contributed by atoms with Crippen LogP contribution in [0.4, 0.5) is 5.82 Å². The highest BCUT2D eigenvalue weighted by Crippen LogP contribution is 2.61. The number of rotatable bonds is 25. The molecular formula is C27H45N8O20P3S. The van der Waals surface area contributed by atoms with E-state index in [4.69, 9.17) is 29.7 Å². The van der Waals surface area contributed by atoms with Crippen molar-refractivity contribution in [3.63, 3.8) is 0 Å². The van der Waals surface area contributed by atoms with Crippen molar-refractivity contribution in [2.75, 3.05) is 44.5 Å². The number of anilines is 1. The largest absolute Gasteiger partial charge is 0.481 e. The van der Waals surface area contributed by atoms with Crippen molar-refractivity contribution in [1.29, 1.82) is 0 Å². The standard InChI is InChI=1S/C27H45N8O20P3S/c1-27(2,21(41)24(42)30-6-5-16(37)29-7-8-59-26(43)14(34-13-36)3-4-17(38)39)10-52-58(49,50)55-57(47,48)51-9-15-20(54-56(44,45)46)19(40)25(53-15)35-12-33-18-22(28)31-11-32-23(18)35/h11-12,14-15,19-21,25,34,36,40-41H,3-10,13H2,1-2H3,(H,29,37)(H,30,42)(H,38,39)(H,47,48)(H,49,50)(H2,28,31,32)(H2,44,45,46)/t14-,15+,19+,20+,21-,25+/m0/s1. The van der Waals surface area contributed by atoms with Gasteiger partial charge in [0.05, 0.1) is 32.3 Å². The molecule has 334 valence electrons. The molecule has 0 bridgehead atoms. The topological polar surface area (TPSA) is 433 Å². The number of phosphoric ester groups is 3. The summed E-state index contributed by atoms with van der Waals surface area (Å²) in [5, 5.41) is 46.1. The van der Waals surface area contributed by atoms with Crippen molar-refractivity contribution in [3.8, 4) is 0 Å². The zero-order valence-electron chi connectivity index (χ0n) is 31.1. The fraction of sp³-hybridized carbons (Fsp3) is 0.667. The number of carboxylic acid groups (broad SMARTS) is 1. The van der Waals surface area contributed by atoms with Crippen LogP contribution in [0.25, 0.3) is 11.2 Å². The van der Waals surface area contributed by atoms with Crippen LogP contribution in [0.5, 0.6) is 0 Å². The highest BCUT2D eigenvalue weighted by Gasteiger charge is 2.50. The first kappa shape index (κ1) is 50.3. The number of nitrogens with zero attached hydrogens (tertiary/aromatic N) is 4. The zero-order valence-corrected chi connectivity index (χ0v) is 34.6. The molecule has 0 spiro atoms. The molecule has 2 unspecified atom stereocenters. The lowest BCUT2D eigenvalue weighted by atomic mass is 9.87. The first-order valence-corrected chi connectivity index (χ1v) is 22.5. The number of fused-ring (bicyclic) bond motifs is 1. The second kappa shape index (κ2) is 21.7. The summed E-state index contributed by atoms with van der Waals surface area (Å²) in [5.41, 5.74) is 4.17. The number of hydrogen-bond donors (Lipinski definition) is 12. The van der Waals surface area contributed by atoms with Gasteiger partial charge in [0, 0.05) is 37.1 Å². The van der Waals surface area contributed by atoms with Crippen LogP contribution < -0.4 is 21.7 Å². The van der Waals surface area contributed by atoms with Gasteiger partial charge in [-0.25, -0.2) is 28.6 Å². The van der Waals surface area contributed by atoms with Crippen LogP contribution in [-0.2, 0) is 55.5 Å². The Hall–Kier alpha value is -3.05. The molecule has 2 aromatic heterocycles. The summed E-state index contributed by atoms with van der Waals surface area (Å²) in [4.78, 5) is 98.6. The molecule has 0 saturated carbocycles. The number of aromatic nitrogens is 4. The minimum atomic E-state index is -5.60. The van der Waals surface area contributed by atoms with Crippen molar-refractivity contribution in [3.05, 3.63) is 12.7 Å². The van der Waals surface area contributed by atoms with Crippen molar-refractivity contribution < 1.29 is 95.5 Å². The van der Waals surface area contributed by atoms with E-state index in [9.17, 15) is 62.7 Å². The third-order valence-electron chi connectivity index (χ3n) is 8.02. The summed E-state index contributed by atoms with van der Waals surface area (Å²) in [7, 11) is -16.5. The van der Waals surface area contributed by atoms with Crippen molar-refractivity contribution >= 4 is 75.1 Å². The number of amides is 2. The highest BCUT2D eigenvalue weighted by atomic mass is 32.2. The third kappa shape index (κ3) is 15.7. The van der Waals surface area contributed by atoms with Crippen LogP contribution in [0.15, 0.2) is 12.7 Å². The van der Waals surface area contributed by atoms with E-state index in [1.807, 2.05) is 0 Å². The minimum Gasteiger partial charge on any atom is -0.481 e. The molecule has 2 aromatic rings. The van der Waals surface area contributed by atoms with E-state index in [1.54, 1.807) is 0 Å². The molecule has 32 heteroatoms. The molecule has 0 radical (unpaired) electrons. The van der Waals surface area contributed by atoms with Crippen molar-refractivity contribution in [1.82, 2.24) is 35.5 Å². The minimum absolute atomic E-state index is 0.0145. The van der Waals surface area contributed by atoms with Crippen LogP contribution in [0.3, 0.4) is 0 Å². The predicted octanol–water partition coefficient (Wildman–Crippen LogP) is -2.56. The first-order chi connectivity index (χ1) is 27.4. The first-order valence-electron chi connectivity index (χ1n) is 17.0. The lowest BCUT2D eigenvalue weighted by Gasteiger charge is -2.30. The molecule has 13 N–H and O–H groups in total. The van der Waals surface area contributed by atoms with Crippen LogP contribution in [0.2, 0.25) is 0 Å². The number of nitrogens with one attached hydrogen (secondary N) is 3. The lowest BCUT2D eigenvalue weighted by molar-refractivity contribution is -0.138. The number of hydrogen-bond acceptors (Lipinski definition) is 21. The van der Waals surface area contributed by atoms with Gasteiger partial charge in [-0.15, -0.1) is 0 Å². The molecule has 8 atom stereocenters. The van der Waals surface area contributed by atoms with E-state index in [0.717, 1.165) is 29.0 Å². The summed E-state index contributed by atoms with van der Waals surface area (Å²) < 4.78 is 62.0. The Morgan fingerprint density at radius 3 is 2.36 bits per heavy atom. The Kier molecular flexibility index (Phi) is 18.5. The Morgan fingerprint density at radius 2 is 1.71 bits per heavy atom. The van der Waals surface area contributed by atoms with Gasteiger partial charge in [-0.2, -0.15) is 4.31 Å². The summed E-state index contributed by atoms with van der Waals surface area (Å²) in [5.74, 6) is -2.64. The monoisotopic (exact) mass is 926 g/mol. The Labute approximate surface area is 338 Å². The summed E-state index contributed by atoms with van der Waals surface area (Å²) in [6, 6.07) is -0.909. The van der Waals surface area contributed by atoms with Crippen LogP contribution in [-0.4, -0.2) is 152 Å². The summed E-state index contributed by atoms with van der Waals surface area (Å²) in [6.07, 6.45) is -7.53. The Bertz CT molecular complexity index is 1940. The number of nitrogen functional groups attached to an aromatic ring is 1. The Morgan fingerprint density at radius 1 is 1.03 bits per heavy atom. The molecule has 0 aromatic carbocycles. The van der Waals surface area contributed by atoms with E-state index in [0.29, 0.717) is 0 Å². The fourth-order valence-electron chi connectivity index (χ4n) is 5.06. The second-order valence-electron chi connectivity index (χ2n) is 13.1. The van der Waals surface area contributed by atoms with Gasteiger partial charge >= 0.3 is 29.4 Å². The number of carbonyl (C=O) groups is 4. The normalized spacial score (nSPS) is 21.6. The number of phosphoric acid groups is 3. The number of aliphatic carboxylic acids is 1. The molecular weight excluding hydrogens is 881 g/mol. The fourth-order valence-corrected chi connectivity index (χ4v) is 8.70. The molecule has 1 aliphatic heterocycles. The predicted molar refractivity (Wildman–Crippen MR) is 198 cm³/mol. The maximum atomic E-state index is 12.7. The van der Waals surface area contributed by atoms with Crippen LogP contribution in [0, 0.1) is 5.41 Å². The van der Waals surface area contributed by atoms with E-state index >= 15 is 0 Å². The molecule has 28 nitrogen and oxygen atoms in total. The zero-order chi connectivity index (χ0) is 44.3. The van der Waals surface area contributed by atoms with Crippen molar-refractivity contribution in [2.24, 2.45) is 5.41 Å². The molecule has 1 aliphatic rings. The van der Waals surface area contributed by atoms with Crippen LogP contribution >= 0.6 is 35.2 Å². The van der Waals surface area contributed by atoms with E-state index in [-0.39, 0.29) is 55.1 Å². The molecule has 3 rings (SSSR count). The lowest BCUT2D eigenvalue weighted by Crippen LogP contribution is -2.46. The molecule has 59 heavy (non-hydrogen) atoms. The quantitative estimate of drug-likeness (QED) is 0.0277. The van der Waals surface area contributed by atoms with Crippen LogP contribution in [0.1, 0.15) is 39.3 Å². The van der Waals surface area contributed by atoms with E-state index in [2.05, 4.69) is 39.7 Å². The molecule has 1 fully saturated rings. The number of aliphatic hydroxyl groups excluding tert-OH is 3. The SMILES string of the molecule is CC(C)(COP(=O)(O)OP(=O)(O)OC[C@H]1O[C@@H](n2cnc3c(N)ncnc32)[C@H](O)[C@@H]1OP(=O)(O)O)[C@@H](O)C(=O)NCCC(=O)NCCSC(=O)[C@H](CCC(=O)O)NCO. The van der Waals surface area contributed by atoms with Gasteiger partial charge < -0.3 is 61.1 Å². The molecule has 2 amide bonds. The van der Waals surface area contributed by atoms with Gasteiger partial charge in [0.2, 0.25) is 16.9 Å². The molecule has 1 saturated heterocycles. The van der Waals surface area contributed by atoms with Gasteiger partial charge in [0.1, 0.15) is 36.3 Å². The molecule has 0 aliphatic carbocycles. The molecule has 3 heterocycles. The van der Waals surface area contributed by atoms with Gasteiger partial charge in [-0.3, -0.25) is 42.6 Å². The Balaban J connectivity index is 1.47. The smallest absolute Gasteiger partial charge is 0.481 e.